The van der Waals surface area contributed by atoms with Gasteiger partial charge in [-0.25, -0.2) is 9.59 Å². The largest absolute Gasteiger partial charge is 0.496 e. The van der Waals surface area contributed by atoms with Crippen molar-refractivity contribution in [1.82, 2.24) is 59.2 Å². The van der Waals surface area contributed by atoms with Crippen LogP contribution in [0.15, 0.2) is 104 Å². The number of ether oxygens (including phenoxy) is 6. The Bertz CT molecular complexity index is 3810. The molecule has 2 N–H and O–H groups in total. The normalized spacial score (nSPS) is 12.4. The fourth-order valence-corrected chi connectivity index (χ4v) is 10.6. The third kappa shape index (κ3) is 11.9. The Hall–Kier alpha value is -9.10. The summed E-state index contributed by atoms with van der Waals surface area (Å²) in [5.41, 5.74) is 8.44. The van der Waals surface area contributed by atoms with Gasteiger partial charge < -0.3 is 48.1 Å². The number of carbonyl (C=O) groups is 2. The number of aryl methyl sites for hydroxylation is 4. The van der Waals surface area contributed by atoms with E-state index in [1.165, 1.54) is 9.13 Å². The second-order valence-electron chi connectivity index (χ2n) is 20.0. The van der Waals surface area contributed by atoms with Gasteiger partial charge in [0.2, 0.25) is 11.8 Å². The zero-order chi connectivity index (χ0) is 59.0. The van der Waals surface area contributed by atoms with Crippen LogP contribution >= 0.6 is 0 Å². The van der Waals surface area contributed by atoms with E-state index in [1.807, 2.05) is 102 Å². The number of methoxy groups -OCH3 is 2. The van der Waals surface area contributed by atoms with Gasteiger partial charge in [0.25, 0.3) is 0 Å². The van der Waals surface area contributed by atoms with E-state index in [2.05, 4.69) is 30.9 Å². The Morgan fingerprint density at radius 2 is 0.940 bits per heavy atom. The molecule has 2 amide bonds. The number of aromatic nitrogens is 10. The number of rotatable bonds is 27. The molecular weight excluding hydrogens is 1080 g/mol. The van der Waals surface area contributed by atoms with Crippen LogP contribution in [0.5, 0.6) is 11.5 Å². The van der Waals surface area contributed by atoms with Crippen LogP contribution < -0.4 is 31.5 Å². The lowest BCUT2D eigenvalue weighted by molar-refractivity contribution is -0.122. The average molecular weight is 1150 g/mol. The van der Waals surface area contributed by atoms with Crippen molar-refractivity contribution in [2.45, 2.75) is 66.7 Å². The highest BCUT2D eigenvalue weighted by atomic mass is 16.6. The van der Waals surface area contributed by atoms with Gasteiger partial charge in [-0.3, -0.25) is 47.8 Å². The first-order valence-electron chi connectivity index (χ1n) is 27.5. The van der Waals surface area contributed by atoms with Gasteiger partial charge in [0.15, 0.2) is 0 Å². The van der Waals surface area contributed by atoms with E-state index in [0.717, 1.165) is 22.3 Å². The molecule has 0 aliphatic heterocycles. The Kier molecular flexibility index (Phi) is 18.0. The van der Waals surface area contributed by atoms with Gasteiger partial charge in [-0.15, -0.1) is 0 Å². The van der Waals surface area contributed by atoms with Gasteiger partial charge >= 0.3 is 11.4 Å². The predicted octanol–water partition coefficient (Wildman–Crippen LogP) is 6.58. The number of nitrogens with zero attached hydrogens (tertiary/aromatic N) is 10. The number of amides is 2. The van der Waals surface area contributed by atoms with Crippen molar-refractivity contribution in [3.63, 3.8) is 0 Å². The molecule has 438 valence electrons. The predicted molar refractivity (Wildman–Crippen MR) is 311 cm³/mol. The quantitative estimate of drug-likeness (QED) is 0.0514. The molecule has 84 heavy (non-hydrogen) atoms. The molecule has 24 heteroatoms. The van der Waals surface area contributed by atoms with E-state index in [-0.39, 0.29) is 51.2 Å². The van der Waals surface area contributed by atoms with E-state index in [9.17, 15) is 19.2 Å². The van der Waals surface area contributed by atoms with Crippen molar-refractivity contribution in [2.75, 3.05) is 80.2 Å². The fraction of sp³-hybridized carbons (Fsp3) is 0.367. The summed E-state index contributed by atoms with van der Waals surface area (Å²) < 4.78 is 51.5. The minimum Gasteiger partial charge on any atom is -0.496 e. The van der Waals surface area contributed by atoms with E-state index >= 15 is 0 Å². The zero-order valence-electron chi connectivity index (χ0n) is 48.1. The van der Waals surface area contributed by atoms with Crippen LogP contribution in [0.2, 0.25) is 0 Å². The molecule has 0 bridgehead atoms. The van der Waals surface area contributed by atoms with Crippen LogP contribution in [-0.2, 0) is 41.6 Å². The van der Waals surface area contributed by atoms with Crippen molar-refractivity contribution in [1.29, 1.82) is 0 Å². The number of hydrogen-bond acceptors (Lipinski definition) is 18. The van der Waals surface area contributed by atoms with Gasteiger partial charge in [0.1, 0.15) is 36.1 Å². The summed E-state index contributed by atoms with van der Waals surface area (Å²) in [7, 11) is 3.16. The van der Waals surface area contributed by atoms with Gasteiger partial charge in [-0.1, -0.05) is 22.4 Å². The average Bonchev–Trinajstić information content (AvgIpc) is 1.94. The summed E-state index contributed by atoms with van der Waals surface area (Å²) >= 11 is 0. The van der Waals surface area contributed by atoms with E-state index < -0.39 is 23.5 Å². The molecule has 0 saturated heterocycles. The van der Waals surface area contributed by atoms with E-state index in [0.29, 0.717) is 129 Å². The van der Waals surface area contributed by atoms with E-state index in [4.69, 9.17) is 47.4 Å². The second-order valence-corrected chi connectivity index (χ2v) is 20.0. The summed E-state index contributed by atoms with van der Waals surface area (Å²) in [4.78, 5) is 74.1. The maximum absolute atomic E-state index is 14.4. The Morgan fingerprint density at radius 1 is 0.548 bits per heavy atom. The highest BCUT2D eigenvalue weighted by Crippen LogP contribution is 2.41. The maximum Gasteiger partial charge on any atom is 0.330 e. The van der Waals surface area contributed by atoms with Crippen LogP contribution in [-0.4, -0.2) is 140 Å². The molecule has 2 aromatic carbocycles. The number of nitrogens with one attached hydrogen (secondary N) is 2. The fourth-order valence-electron chi connectivity index (χ4n) is 10.6. The van der Waals surface area contributed by atoms with Crippen molar-refractivity contribution < 1.29 is 47.1 Å². The molecule has 8 heterocycles. The summed E-state index contributed by atoms with van der Waals surface area (Å²) in [6, 6.07) is 17.6. The molecule has 0 unspecified atom stereocenters. The SMILES string of the molecule is COc1cc2c(cc1-c1c(C)noc1C)ncc1c2n([C@H](C)c2ccccn2)c(=O)n1CC(=O)NCCOCCOCCOCCOCCNC(=O)Cn1c(=O)n([C@@H](C)c2ccccn2)c2c3cc(OC)c(-c4c(C)noc4C)cc3ncc21. The third-order valence-corrected chi connectivity index (χ3v) is 14.7. The molecule has 10 aromatic rings. The molecule has 0 fully saturated rings. The number of pyridine rings is 4. The zero-order valence-corrected chi connectivity index (χ0v) is 48.1. The monoisotopic (exact) mass is 1150 g/mol. The number of benzene rings is 2. The van der Waals surface area contributed by atoms with Crippen molar-refractivity contribution in [2.24, 2.45) is 0 Å². The van der Waals surface area contributed by atoms with Gasteiger partial charge in [0.05, 0.1) is 159 Å². The lowest BCUT2D eigenvalue weighted by Crippen LogP contribution is -2.35. The first-order valence-corrected chi connectivity index (χ1v) is 27.5. The molecule has 24 nitrogen and oxygen atoms in total. The number of fused-ring (bicyclic) bond motifs is 6. The summed E-state index contributed by atoms with van der Waals surface area (Å²) in [5, 5.41) is 15.3. The smallest absolute Gasteiger partial charge is 0.330 e. The van der Waals surface area contributed by atoms with Crippen molar-refractivity contribution >= 4 is 55.7 Å². The first-order chi connectivity index (χ1) is 40.8. The lowest BCUT2D eigenvalue weighted by Gasteiger charge is -2.15. The number of imidazole rings is 2. The van der Waals surface area contributed by atoms with Crippen LogP contribution in [0.1, 0.15) is 60.2 Å². The third-order valence-electron chi connectivity index (χ3n) is 14.7. The minimum atomic E-state index is -0.491. The van der Waals surface area contributed by atoms with Gasteiger partial charge in [-0.05, 0) is 90.1 Å². The summed E-state index contributed by atoms with van der Waals surface area (Å²) in [6.45, 7) is 13.4. The number of carbonyl (C=O) groups excluding carboxylic acids is 2. The number of hydrogen-bond donors (Lipinski definition) is 2. The van der Waals surface area contributed by atoms with Gasteiger partial charge in [-0.2, -0.15) is 0 Å². The molecule has 10 rings (SSSR count). The highest BCUT2D eigenvalue weighted by Gasteiger charge is 2.28. The van der Waals surface area contributed by atoms with Crippen molar-refractivity contribution in [3.8, 4) is 33.8 Å². The Balaban J connectivity index is 0.652. The summed E-state index contributed by atoms with van der Waals surface area (Å²) in [5.74, 6) is 1.61. The molecule has 0 saturated carbocycles. The molecule has 0 radical (unpaired) electrons. The first kappa shape index (κ1) is 58.1. The molecule has 0 aliphatic rings. The van der Waals surface area contributed by atoms with Crippen molar-refractivity contribution in [3.05, 3.63) is 141 Å². The highest BCUT2D eigenvalue weighted by molar-refractivity contribution is 6.06. The molecule has 2 atom stereocenters. The molecule has 8 aromatic heterocycles. The molecule has 0 aliphatic carbocycles. The Labute approximate surface area is 481 Å². The van der Waals surface area contributed by atoms with Crippen LogP contribution in [0.3, 0.4) is 0 Å². The maximum atomic E-state index is 14.4. The molecule has 0 spiro atoms. The van der Waals surface area contributed by atoms with E-state index in [1.54, 1.807) is 48.1 Å². The van der Waals surface area contributed by atoms with Crippen LogP contribution in [0, 0.1) is 27.7 Å². The second kappa shape index (κ2) is 26.0. The minimum absolute atomic E-state index is 0.212. The Morgan fingerprint density at radius 3 is 1.29 bits per heavy atom. The standard InChI is InChI=1S/C60H66N12O12/c1-35-55(39(5)83-67-35)43-27-47-41(29-51(43)77-7)57-49(31-65-47)69(59(75)71(57)37(3)45-13-9-11-15-61-45)33-53(73)63-17-19-79-21-23-81-25-26-82-24-22-80-20-18-64-54(74)34-70-50-32-66-48-28-44(56-36(2)68-84-40(56)6)52(78-8)30-42(48)58(50)72(60(70)76)38(4)46-14-10-12-16-62-46/h9-16,27-32,37-38H,17-26,33-34H2,1-8H3,(H,63,73)(H,64,74)/t37-,38+. The van der Waals surface area contributed by atoms with Crippen LogP contribution in [0.4, 0.5) is 0 Å². The topological polar surface area (TPSA) is 271 Å². The lowest BCUT2D eigenvalue weighted by atomic mass is 10.00. The molecular formula is C60H66N12O12. The van der Waals surface area contributed by atoms with Crippen LogP contribution in [0.25, 0.3) is 66.1 Å². The summed E-state index contributed by atoms with van der Waals surface area (Å²) in [6.07, 6.45) is 6.58. The van der Waals surface area contributed by atoms with Gasteiger partial charge in [0, 0.05) is 47.4 Å².